The zero-order valence-electron chi connectivity index (χ0n) is 21.2. The Morgan fingerprint density at radius 2 is 2.00 bits per heavy atom. The van der Waals surface area contributed by atoms with E-state index in [4.69, 9.17) is 10.1 Å². The summed E-state index contributed by atoms with van der Waals surface area (Å²) in [5.74, 6) is 1.59. The molecule has 1 aliphatic rings. The van der Waals surface area contributed by atoms with Gasteiger partial charge < -0.3 is 5.32 Å². The number of benzene rings is 1. The molecule has 1 aliphatic heterocycles. The summed E-state index contributed by atoms with van der Waals surface area (Å²) in [5, 5.41) is 8.36. The molecule has 3 aromatic rings. The molecule has 0 saturated heterocycles. The third-order valence-electron chi connectivity index (χ3n) is 7.16. The predicted molar refractivity (Wildman–Crippen MR) is 144 cm³/mol. The topological polar surface area (TPSA) is 42.7 Å². The van der Waals surface area contributed by atoms with Gasteiger partial charge in [0, 0.05) is 25.0 Å². The molecule has 4 heteroatoms. The van der Waals surface area contributed by atoms with Gasteiger partial charge in [-0.05, 0) is 91.7 Å². The maximum absolute atomic E-state index is 4.91. The van der Waals surface area contributed by atoms with E-state index in [2.05, 4.69) is 73.9 Å². The van der Waals surface area contributed by atoms with Crippen LogP contribution in [-0.2, 0) is 39.2 Å². The molecule has 0 saturated carbocycles. The minimum Gasteiger partial charge on any atom is -0.370 e. The standard InChI is InChI=1S/C30H40N4/c1-5-10-25(29-19-22(6-2)14-15-23(29)7-3)20-27-21-28(34(4)33-27)13-8-12-26-17-16-24-11-9-18-31-30(24)32-26/h6,14-17,19,21,25H,2,5,7-13,18,20H2,1,3-4H3,(H,31,32). The van der Waals surface area contributed by atoms with Crippen molar-refractivity contribution in [2.24, 2.45) is 7.05 Å². The van der Waals surface area contributed by atoms with Crippen LogP contribution in [0.4, 0.5) is 5.82 Å². The van der Waals surface area contributed by atoms with Crippen LogP contribution in [0.2, 0.25) is 0 Å². The Morgan fingerprint density at radius 1 is 1.12 bits per heavy atom. The Balaban J connectivity index is 1.42. The van der Waals surface area contributed by atoms with Crippen molar-refractivity contribution in [3.8, 4) is 0 Å². The number of aryl methyl sites for hydroxylation is 5. The second-order valence-corrected chi connectivity index (χ2v) is 9.65. The third-order valence-corrected chi connectivity index (χ3v) is 7.16. The van der Waals surface area contributed by atoms with Gasteiger partial charge in [0.25, 0.3) is 0 Å². The van der Waals surface area contributed by atoms with Crippen LogP contribution in [0.3, 0.4) is 0 Å². The van der Waals surface area contributed by atoms with Crippen LogP contribution in [0.25, 0.3) is 6.08 Å². The molecular formula is C30H40N4. The van der Waals surface area contributed by atoms with Crippen LogP contribution < -0.4 is 5.32 Å². The number of aromatic nitrogens is 3. The summed E-state index contributed by atoms with van der Waals surface area (Å²) in [7, 11) is 2.09. The molecule has 180 valence electrons. The Kier molecular flexibility index (Phi) is 8.21. The number of fused-ring (bicyclic) bond motifs is 1. The first kappa shape index (κ1) is 24.3. The van der Waals surface area contributed by atoms with Crippen LogP contribution >= 0.6 is 0 Å². The van der Waals surface area contributed by atoms with E-state index in [1.54, 1.807) is 0 Å². The quantitative estimate of drug-likeness (QED) is 0.350. The molecule has 34 heavy (non-hydrogen) atoms. The van der Waals surface area contributed by atoms with Crippen molar-refractivity contribution in [2.45, 2.75) is 77.6 Å². The second-order valence-electron chi connectivity index (χ2n) is 9.65. The van der Waals surface area contributed by atoms with E-state index in [-0.39, 0.29) is 0 Å². The summed E-state index contributed by atoms with van der Waals surface area (Å²) in [6.07, 6.45) is 11.8. The predicted octanol–water partition coefficient (Wildman–Crippen LogP) is 6.68. The van der Waals surface area contributed by atoms with Gasteiger partial charge in [-0.2, -0.15) is 5.10 Å². The third kappa shape index (κ3) is 5.78. The van der Waals surface area contributed by atoms with E-state index in [1.165, 1.54) is 58.6 Å². The smallest absolute Gasteiger partial charge is 0.129 e. The van der Waals surface area contributed by atoms with E-state index in [0.717, 1.165) is 50.9 Å². The average molecular weight is 457 g/mol. The highest BCUT2D eigenvalue weighted by Crippen LogP contribution is 2.30. The molecule has 1 atom stereocenters. The molecule has 1 aromatic carbocycles. The van der Waals surface area contributed by atoms with Gasteiger partial charge in [0.05, 0.1) is 5.69 Å². The first-order chi connectivity index (χ1) is 16.6. The number of hydrogen-bond acceptors (Lipinski definition) is 3. The van der Waals surface area contributed by atoms with Crippen LogP contribution in [0.1, 0.15) is 84.8 Å². The van der Waals surface area contributed by atoms with Crippen molar-refractivity contribution in [1.82, 2.24) is 14.8 Å². The van der Waals surface area contributed by atoms with Crippen molar-refractivity contribution in [3.05, 3.63) is 82.3 Å². The highest BCUT2D eigenvalue weighted by Gasteiger charge is 2.18. The van der Waals surface area contributed by atoms with Gasteiger partial charge in [-0.1, -0.05) is 57.2 Å². The average Bonchev–Trinajstić information content (AvgIpc) is 3.21. The fourth-order valence-electron chi connectivity index (χ4n) is 5.27. The molecule has 0 aliphatic carbocycles. The van der Waals surface area contributed by atoms with Gasteiger partial charge in [0.2, 0.25) is 0 Å². The second kappa shape index (κ2) is 11.5. The van der Waals surface area contributed by atoms with E-state index in [0.29, 0.717) is 5.92 Å². The molecule has 0 radical (unpaired) electrons. The number of pyridine rings is 1. The minimum atomic E-state index is 0.495. The molecule has 3 heterocycles. The summed E-state index contributed by atoms with van der Waals surface area (Å²) in [6.45, 7) is 9.55. The maximum Gasteiger partial charge on any atom is 0.129 e. The van der Waals surface area contributed by atoms with Crippen molar-refractivity contribution < 1.29 is 0 Å². The van der Waals surface area contributed by atoms with Crippen molar-refractivity contribution in [1.29, 1.82) is 0 Å². The highest BCUT2D eigenvalue weighted by molar-refractivity contribution is 5.51. The lowest BCUT2D eigenvalue weighted by molar-refractivity contribution is 0.588. The Hall–Kier alpha value is -2.88. The van der Waals surface area contributed by atoms with E-state index in [9.17, 15) is 0 Å². The van der Waals surface area contributed by atoms with Crippen LogP contribution in [0.5, 0.6) is 0 Å². The largest absolute Gasteiger partial charge is 0.370 e. The minimum absolute atomic E-state index is 0.495. The molecule has 0 bridgehead atoms. The monoisotopic (exact) mass is 456 g/mol. The lowest BCUT2D eigenvalue weighted by atomic mass is 9.85. The number of rotatable bonds is 11. The van der Waals surface area contributed by atoms with Crippen LogP contribution in [-0.4, -0.2) is 21.3 Å². The molecule has 1 N–H and O–H groups in total. The summed E-state index contributed by atoms with van der Waals surface area (Å²) in [5.41, 5.74) is 9.20. The fourth-order valence-corrected chi connectivity index (χ4v) is 5.27. The summed E-state index contributed by atoms with van der Waals surface area (Å²) in [4.78, 5) is 4.86. The molecule has 2 aromatic heterocycles. The van der Waals surface area contributed by atoms with E-state index >= 15 is 0 Å². The molecule has 1 unspecified atom stereocenters. The van der Waals surface area contributed by atoms with Gasteiger partial charge in [-0.25, -0.2) is 4.98 Å². The molecule has 4 rings (SSSR count). The van der Waals surface area contributed by atoms with Crippen LogP contribution in [0, 0.1) is 0 Å². The normalized spacial score (nSPS) is 13.9. The number of hydrogen-bond donors (Lipinski definition) is 1. The number of nitrogens with one attached hydrogen (secondary N) is 1. The van der Waals surface area contributed by atoms with Gasteiger partial charge in [-0.3, -0.25) is 4.68 Å². The van der Waals surface area contributed by atoms with Crippen LogP contribution in [0.15, 0.2) is 43.0 Å². The lowest BCUT2D eigenvalue weighted by Gasteiger charge is -2.20. The lowest BCUT2D eigenvalue weighted by Crippen LogP contribution is -2.14. The zero-order chi connectivity index (χ0) is 23.9. The van der Waals surface area contributed by atoms with E-state index < -0.39 is 0 Å². The Morgan fingerprint density at radius 3 is 2.79 bits per heavy atom. The first-order valence-corrected chi connectivity index (χ1v) is 13.1. The molecule has 0 spiro atoms. The molecule has 4 nitrogen and oxygen atoms in total. The fraction of sp³-hybridized carbons (Fsp3) is 0.467. The zero-order valence-corrected chi connectivity index (χ0v) is 21.2. The van der Waals surface area contributed by atoms with Gasteiger partial charge in [0.1, 0.15) is 5.82 Å². The highest BCUT2D eigenvalue weighted by atomic mass is 15.3. The SMILES string of the molecule is C=Cc1ccc(CC)c(C(CCC)Cc2cc(CCCc3ccc4c(n3)NCCC4)n(C)n2)c1. The van der Waals surface area contributed by atoms with Crippen molar-refractivity contribution >= 4 is 11.9 Å². The van der Waals surface area contributed by atoms with Crippen molar-refractivity contribution in [3.63, 3.8) is 0 Å². The van der Waals surface area contributed by atoms with Gasteiger partial charge in [0.15, 0.2) is 0 Å². The Labute approximate surface area is 205 Å². The summed E-state index contributed by atoms with van der Waals surface area (Å²) >= 11 is 0. The molecular weight excluding hydrogens is 416 g/mol. The first-order valence-electron chi connectivity index (χ1n) is 13.1. The molecule has 0 fully saturated rings. The maximum atomic E-state index is 4.91. The summed E-state index contributed by atoms with van der Waals surface area (Å²) < 4.78 is 2.08. The number of anilines is 1. The number of nitrogens with zero attached hydrogens (tertiary/aromatic N) is 3. The Bertz CT molecular complexity index is 1110. The van der Waals surface area contributed by atoms with Crippen molar-refractivity contribution in [2.75, 3.05) is 11.9 Å². The van der Waals surface area contributed by atoms with E-state index in [1.807, 2.05) is 6.08 Å². The van der Waals surface area contributed by atoms with Gasteiger partial charge >= 0.3 is 0 Å². The summed E-state index contributed by atoms with van der Waals surface area (Å²) in [6, 6.07) is 13.6. The van der Waals surface area contributed by atoms with Gasteiger partial charge in [-0.15, -0.1) is 0 Å². The molecule has 0 amide bonds.